The van der Waals surface area contributed by atoms with Crippen molar-refractivity contribution in [3.05, 3.63) is 58.6 Å². The van der Waals surface area contributed by atoms with E-state index in [1.54, 1.807) is 42.5 Å². The molecule has 0 bridgehead atoms. The van der Waals surface area contributed by atoms with Gasteiger partial charge in [0.2, 0.25) is 5.91 Å². The largest absolute Gasteiger partial charge is 0.484 e. The van der Waals surface area contributed by atoms with E-state index in [9.17, 15) is 9.59 Å². The first-order chi connectivity index (χ1) is 12.1. The Hall–Kier alpha value is -2.90. The molecule has 0 radical (unpaired) electrons. The van der Waals surface area contributed by atoms with E-state index in [4.69, 9.17) is 22.2 Å². The summed E-state index contributed by atoms with van der Waals surface area (Å²) in [5.74, 6) is 4.90. The van der Waals surface area contributed by atoms with Gasteiger partial charge in [-0.25, -0.2) is 5.84 Å². The number of carbonyl (C=O) groups excluding carboxylic acids is 2. The molecule has 7 nitrogen and oxygen atoms in total. The predicted molar refractivity (Wildman–Crippen MR) is 94.9 cm³/mol. The summed E-state index contributed by atoms with van der Waals surface area (Å²) < 4.78 is 5.31. The number of nitrogens with one attached hydrogen (secondary N) is 2. The first-order valence-electron chi connectivity index (χ1n) is 7.44. The number of rotatable bonds is 4. The van der Waals surface area contributed by atoms with E-state index in [2.05, 4.69) is 10.3 Å². The molecule has 128 valence electrons. The molecule has 8 heteroatoms. The van der Waals surface area contributed by atoms with Crippen molar-refractivity contribution in [1.29, 1.82) is 0 Å². The highest BCUT2D eigenvalue weighted by Crippen LogP contribution is 2.26. The molecule has 2 amide bonds. The number of hydrogen-bond acceptors (Lipinski definition) is 5. The minimum atomic E-state index is -0.426. The molecule has 0 aliphatic carbocycles. The van der Waals surface area contributed by atoms with Crippen molar-refractivity contribution in [3.63, 3.8) is 0 Å². The van der Waals surface area contributed by atoms with Gasteiger partial charge >= 0.3 is 0 Å². The number of halogens is 1. The van der Waals surface area contributed by atoms with Gasteiger partial charge in [-0.15, -0.1) is 0 Å². The van der Waals surface area contributed by atoms with Crippen LogP contribution in [0.25, 0.3) is 0 Å². The second kappa shape index (κ2) is 7.33. The maximum Gasteiger partial charge on any atom is 0.271 e. The first-order valence-corrected chi connectivity index (χ1v) is 7.81. The molecule has 0 atom stereocenters. The minimum Gasteiger partial charge on any atom is -0.484 e. The minimum absolute atomic E-state index is 0.0244. The van der Waals surface area contributed by atoms with E-state index >= 15 is 0 Å². The van der Waals surface area contributed by atoms with Crippen LogP contribution < -0.4 is 21.3 Å². The average Bonchev–Trinajstić information content (AvgIpc) is 2.78. The Labute approximate surface area is 148 Å². The highest BCUT2D eigenvalue weighted by molar-refractivity contribution is 6.32. The lowest BCUT2D eigenvalue weighted by atomic mass is 10.0. The summed E-state index contributed by atoms with van der Waals surface area (Å²) in [7, 11) is 0. The van der Waals surface area contributed by atoms with Gasteiger partial charge in [0.05, 0.1) is 11.4 Å². The van der Waals surface area contributed by atoms with Gasteiger partial charge in [0, 0.05) is 16.1 Å². The maximum absolute atomic E-state index is 11.8. The highest BCUT2D eigenvalue weighted by atomic mass is 35.5. The highest BCUT2D eigenvalue weighted by Gasteiger charge is 2.18. The molecule has 0 spiro atoms. The topological polar surface area (TPSA) is 106 Å². The molecule has 0 saturated carbocycles. The summed E-state index contributed by atoms with van der Waals surface area (Å²) in [6.45, 7) is -0.149. The van der Waals surface area contributed by atoms with Crippen molar-refractivity contribution in [2.75, 3.05) is 18.5 Å². The van der Waals surface area contributed by atoms with E-state index in [0.717, 1.165) is 11.1 Å². The second-order valence-corrected chi connectivity index (χ2v) is 5.72. The molecule has 25 heavy (non-hydrogen) atoms. The predicted octanol–water partition coefficient (Wildman–Crippen LogP) is 1.50. The number of ether oxygens (including phenoxy) is 1. The summed E-state index contributed by atoms with van der Waals surface area (Å²) in [5, 5.41) is 3.36. The number of hydrazine groups is 1. The third-order valence-corrected chi connectivity index (χ3v) is 3.79. The van der Waals surface area contributed by atoms with Crippen LogP contribution in [-0.4, -0.2) is 30.7 Å². The Morgan fingerprint density at radius 2 is 2.04 bits per heavy atom. The number of fused-ring (bicyclic) bond motifs is 1. The Morgan fingerprint density at radius 3 is 2.76 bits per heavy atom. The van der Waals surface area contributed by atoms with Gasteiger partial charge in [0.25, 0.3) is 5.91 Å². The molecule has 1 aliphatic heterocycles. The van der Waals surface area contributed by atoms with Crippen LogP contribution in [0.2, 0.25) is 5.02 Å². The van der Waals surface area contributed by atoms with Gasteiger partial charge in [-0.1, -0.05) is 11.6 Å². The maximum atomic E-state index is 11.8. The van der Waals surface area contributed by atoms with Crippen LogP contribution in [0.15, 0.2) is 47.5 Å². The van der Waals surface area contributed by atoms with Crippen LogP contribution in [-0.2, 0) is 9.59 Å². The monoisotopic (exact) mass is 358 g/mol. The molecule has 0 unspecified atom stereocenters. The number of carbonyl (C=O) groups is 2. The molecule has 0 fully saturated rings. The lowest BCUT2D eigenvalue weighted by Gasteiger charge is -2.11. The zero-order valence-corrected chi connectivity index (χ0v) is 13.8. The van der Waals surface area contributed by atoms with Crippen LogP contribution in [0.3, 0.4) is 0 Å². The standard InChI is InChI=1S/C17H15ClN4O3/c18-11-3-6-14-13(7-11)17(20-8-15(23)21-14)10-1-4-12(5-2-10)25-9-16(24)22-19/h1-7H,8-9,19H2,(H,21,23)(H,22,24). The van der Waals surface area contributed by atoms with Crippen LogP contribution in [0.4, 0.5) is 5.69 Å². The van der Waals surface area contributed by atoms with Crippen molar-refractivity contribution in [2.45, 2.75) is 0 Å². The quantitative estimate of drug-likeness (QED) is 0.437. The fourth-order valence-corrected chi connectivity index (χ4v) is 2.57. The molecule has 1 heterocycles. The number of benzodiazepines with no additional fused rings is 1. The SMILES string of the molecule is NNC(=O)COc1ccc(C2=NCC(=O)Nc3ccc(Cl)cc32)cc1. The normalized spacial score (nSPS) is 13.2. The molecule has 2 aromatic rings. The van der Waals surface area contributed by atoms with Gasteiger partial charge in [-0.2, -0.15) is 0 Å². The number of hydrogen-bond donors (Lipinski definition) is 3. The smallest absolute Gasteiger partial charge is 0.271 e. The van der Waals surface area contributed by atoms with E-state index in [1.165, 1.54) is 0 Å². The number of nitrogens with zero attached hydrogens (tertiary/aromatic N) is 1. The van der Waals surface area contributed by atoms with Gasteiger partial charge in [0.15, 0.2) is 6.61 Å². The molecule has 1 aliphatic rings. The number of benzene rings is 2. The van der Waals surface area contributed by atoms with Crippen molar-refractivity contribution in [2.24, 2.45) is 10.8 Å². The van der Waals surface area contributed by atoms with Gasteiger partial charge in [-0.05, 0) is 42.5 Å². The lowest BCUT2D eigenvalue weighted by molar-refractivity contribution is -0.123. The molecule has 4 N–H and O–H groups in total. The van der Waals surface area contributed by atoms with E-state index in [1.807, 2.05) is 5.43 Å². The summed E-state index contributed by atoms with van der Waals surface area (Å²) in [4.78, 5) is 27.3. The Bertz CT molecular complexity index is 849. The summed E-state index contributed by atoms with van der Waals surface area (Å²) in [6, 6.07) is 12.3. The Balaban J connectivity index is 1.89. The van der Waals surface area contributed by atoms with Crippen molar-refractivity contribution < 1.29 is 14.3 Å². The molecule has 0 aromatic heterocycles. The summed E-state index contributed by atoms with van der Waals surface area (Å²) in [6.07, 6.45) is 0. The molecule has 2 aromatic carbocycles. The van der Waals surface area contributed by atoms with E-state index in [-0.39, 0.29) is 19.1 Å². The van der Waals surface area contributed by atoms with Gasteiger partial charge in [-0.3, -0.25) is 20.0 Å². The first kappa shape index (κ1) is 16.9. The average molecular weight is 359 g/mol. The fraction of sp³-hybridized carbons (Fsp3) is 0.118. The number of anilines is 1. The fourth-order valence-electron chi connectivity index (χ4n) is 2.39. The van der Waals surface area contributed by atoms with Gasteiger partial charge < -0.3 is 10.1 Å². The molecule has 0 saturated heterocycles. The van der Waals surface area contributed by atoms with Crippen LogP contribution in [0.5, 0.6) is 5.75 Å². The van der Waals surface area contributed by atoms with E-state index < -0.39 is 5.91 Å². The van der Waals surface area contributed by atoms with Crippen molar-refractivity contribution in [1.82, 2.24) is 5.43 Å². The summed E-state index contributed by atoms with van der Waals surface area (Å²) >= 11 is 6.09. The van der Waals surface area contributed by atoms with Gasteiger partial charge in [0.1, 0.15) is 12.3 Å². The van der Waals surface area contributed by atoms with Crippen LogP contribution >= 0.6 is 11.6 Å². The number of amides is 2. The zero-order valence-electron chi connectivity index (χ0n) is 13.1. The van der Waals surface area contributed by atoms with E-state index in [0.29, 0.717) is 22.2 Å². The van der Waals surface area contributed by atoms with Crippen LogP contribution in [0, 0.1) is 0 Å². The Kier molecular flexibility index (Phi) is 4.97. The van der Waals surface area contributed by atoms with Crippen molar-refractivity contribution >= 4 is 34.8 Å². The Morgan fingerprint density at radius 1 is 1.28 bits per heavy atom. The molecular formula is C17H15ClN4O3. The second-order valence-electron chi connectivity index (χ2n) is 5.28. The third-order valence-electron chi connectivity index (χ3n) is 3.55. The summed E-state index contributed by atoms with van der Waals surface area (Å²) in [5.41, 5.74) is 4.85. The number of aliphatic imine (C=N–C) groups is 1. The van der Waals surface area contributed by atoms with Crippen molar-refractivity contribution in [3.8, 4) is 5.75 Å². The molecule has 3 rings (SSSR count). The molecular weight excluding hydrogens is 344 g/mol. The number of nitrogens with two attached hydrogens (primary N) is 1. The van der Waals surface area contributed by atoms with Crippen LogP contribution in [0.1, 0.15) is 11.1 Å². The lowest BCUT2D eigenvalue weighted by Crippen LogP contribution is -2.34. The third kappa shape index (κ3) is 3.96. The zero-order chi connectivity index (χ0) is 17.8.